The first-order valence-corrected chi connectivity index (χ1v) is 9.36. The smallest absolute Gasteiger partial charge is 0.257 e. The molecular weight excluding hydrogens is 337 g/mol. The molecular formula is C19H20FN3OS. The minimum Gasteiger partial charge on any atom is -0.420 e. The van der Waals surface area contributed by atoms with Gasteiger partial charge in [-0.3, -0.25) is 4.90 Å². The molecule has 2 aromatic heterocycles. The van der Waals surface area contributed by atoms with Crippen molar-refractivity contribution in [3.05, 3.63) is 58.5 Å². The van der Waals surface area contributed by atoms with E-state index >= 15 is 0 Å². The van der Waals surface area contributed by atoms with Crippen molar-refractivity contribution in [1.29, 1.82) is 0 Å². The molecule has 0 N–H and O–H groups in total. The van der Waals surface area contributed by atoms with E-state index in [1.807, 2.05) is 18.2 Å². The normalized spacial score (nSPS) is 16.4. The summed E-state index contributed by atoms with van der Waals surface area (Å²) in [5.74, 6) is 1.52. The lowest BCUT2D eigenvalue weighted by atomic mass is 9.96. The van der Waals surface area contributed by atoms with Crippen LogP contribution in [0, 0.1) is 12.7 Å². The highest BCUT2D eigenvalue weighted by molar-refractivity contribution is 7.15. The minimum absolute atomic E-state index is 0.185. The lowest BCUT2D eigenvalue weighted by Crippen LogP contribution is -2.32. The molecule has 1 aliphatic heterocycles. The van der Waals surface area contributed by atoms with Gasteiger partial charge in [-0.2, -0.15) is 0 Å². The van der Waals surface area contributed by atoms with Gasteiger partial charge in [-0.1, -0.05) is 12.1 Å². The van der Waals surface area contributed by atoms with Crippen LogP contribution < -0.4 is 0 Å². The Morgan fingerprint density at radius 1 is 1.12 bits per heavy atom. The summed E-state index contributed by atoms with van der Waals surface area (Å²) in [5, 5.41) is 8.49. The monoisotopic (exact) mass is 357 g/mol. The van der Waals surface area contributed by atoms with E-state index in [9.17, 15) is 4.39 Å². The number of thiophene rings is 1. The van der Waals surface area contributed by atoms with Crippen LogP contribution in [0.2, 0.25) is 0 Å². The molecule has 0 unspecified atom stereocenters. The van der Waals surface area contributed by atoms with Crippen molar-refractivity contribution in [2.75, 3.05) is 13.1 Å². The van der Waals surface area contributed by atoms with Crippen LogP contribution >= 0.6 is 11.3 Å². The fraction of sp³-hybridized carbons (Fsp3) is 0.368. The molecule has 0 bridgehead atoms. The molecule has 0 spiro atoms. The SMILES string of the molecule is Cc1ccc(-c2nnc(C3CCN(Cc4ccc(F)cc4)CC3)o2)s1. The molecule has 1 saturated heterocycles. The molecule has 3 heterocycles. The van der Waals surface area contributed by atoms with Gasteiger partial charge in [0, 0.05) is 17.3 Å². The van der Waals surface area contributed by atoms with Gasteiger partial charge < -0.3 is 4.42 Å². The fourth-order valence-corrected chi connectivity index (χ4v) is 4.02. The van der Waals surface area contributed by atoms with Gasteiger partial charge in [0.05, 0.1) is 4.88 Å². The van der Waals surface area contributed by atoms with Crippen molar-refractivity contribution in [2.45, 2.75) is 32.2 Å². The number of hydrogen-bond acceptors (Lipinski definition) is 5. The Kier molecular flexibility index (Phi) is 4.63. The molecule has 4 nitrogen and oxygen atoms in total. The quantitative estimate of drug-likeness (QED) is 0.683. The van der Waals surface area contributed by atoms with Crippen LogP contribution in [0.25, 0.3) is 10.8 Å². The Bertz CT molecular complexity index is 834. The summed E-state index contributed by atoms with van der Waals surface area (Å²) in [4.78, 5) is 4.66. The number of piperidine rings is 1. The molecule has 1 fully saturated rings. The van der Waals surface area contributed by atoms with Gasteiger partial charge in [-0.25, -0.2) is 4.39 Å². The third-order valence-electron chi connectivity index (χ3n) is 4.65. The zero-order chi connectivity index (χ0) is 17.2. The van der Waals surface area contributed by atoms with E-state index in [0.717, 1.165) is 48.8 Å². The lowest BCUT2D eigenvalue weighted by molar-refractivity contribution is 0.193. The maximum Gasteiger partial charge on any atom is 0.257 e. The Hall–Kier alpha value is -2.05. The van der Waals surface area contributed by atoms with Crippen LogP contribution in [0.15, 0.2) is 40.8 Å². The van der Waals surface area contributed by atoms with Crippen molar-refractivity contribution in [3.8, 4) is 10.8 Å². The van der Waals surface area contributed by atoms with E-state index in [1.54, 1.807) is 11.3 Å². The van der Waals surface area contributed by atoms with Crippen molar-refractivity contribution >= 4 is 11.3 Å². The number of aryl methyl sites for hydroxylation is 1. The number of hydrogen-bond donors (Lipinski definition) is 0. The highest BCUT2D eigenvalue weighted by atomic mass is 32.1. The van der Waals surface area contributed by atoms with Crippen LogP contribution in [-0.4, -0.2) is 28.2 Å². The van der Waals surface area contributed by atoms with Gasteiger partial charge in [-0.15, -0.1) is 21.5 Å². The zero-order valence-corrected chi connectivity index (χ0v) is 14.9. The highest BCUT2D eigenvalue weighted by Crippen LogP contribution is 2.32. The Morgan fingerprint density at radius 2 is 1.88 bits per heavy atom. The number of benzene rings is 1. The number of rotatable bonds is 4. The molecule has 3 aromatic rings. The largest absolute Gasteiger partial charge is 0.420 e. The van der Waals surface area contributed by atoms with E-state index in [-0.39, 0.29) is 5.82 Å². The van der Waals surface area contributed by atoms with Crippen molar-refractivity contribution < 1.29 is 8.81 Å². The second-order valence-corrected chi connectivity index (χ2v) is 7.82. The minimum atomic E-state index is -0.185. The van der Waals surface area contributed by atoms with Crippen LogP contribution in [0.1, 0.15) is 35.1 Å². The molecule has 1 aromatic carbocycles. The van der Waals surface area contributed by atoms with E-state index in [0.29, 0.717) is 11.8 Å². The summed E-state index contributed by atoms with van der Waals surface area (Å²) in [6.07, 6.45) is 2.01. The van der Waals surface area contributed by atoms with E-state index < -0.39 is 0 Å². The van der Waals surface area contributed by atoms with Gasteiger partial charge in [0.1, 0.15) is 5.82 Å². The summed E-state index contributed by atoms with van der Waals surface area (Å²) >= 11 is 1.67. The summed E-state index contributed by atoms with van der Waals surface area (Å²) < 4.78 is 18.9. The number of nitrogens with zero attached hydrogens (tertiary/aromatic N) is 3. The topological polar surface area (TPSA) is 42.2 Å². The van der Waals surface area contributed by atoms with Crippen molar-refractivity contribution in [1.82, 2.24) is 15.1 Å². The van der Waals surface area contributed by atoms with Crippen molar-refractivity contribution in [3.63, 3.8) is 0 Å². The van der Waals surface area contributed by atoms with E-state index in [1.165, 1.54) is 17.0 Å². The summed E-state index contributed by atoms with van der Waals surface area (Å²) in [6, 6.07) is 10.9. The number of aromatic nitrogens is 2. The van der Waals surface area contributed by atoms with Gasteiger partial charge in [-0.05, 0) is 62.7 Å². The standard InChI is InChI=1S/C19H20FN3OS/c1-13-2-7-17(25-13)19-22-21-18(24-19)15-8-10-23(11-9-15)12-14-3-5-16(20)6-4-14/h2-7,15H,8-12H2,1H3. The zero-order valence-electron chi connectivity index (χ0n) is 14.1. The third-order valence-corrected chi connectivity index (χ3v) is 5.64. The molecule has 6 heteroatoms. The fourth-order valence-electron chi connectivity index (χ4n) is 3.23. The first-order chi connectivity index (χ1) is 12.2. The Morgan fingerprint density at radius 3 is 2.56 bits per heavy atom. The van der Waals surface area contributed by atoms with Gasteiger partial charge >= 0.3 is 0 Å². The first-order valence-electron chi connectivity index (χ1n) is 8.54. The van der Waals surface area contributed by atoms with Gasteiger partial charge in [0.2, 0.25) is 5.89 Å². The molecule has 0 atom stereocenters. The second-order valence-electron chi connectivity index (χ2n) is 6.53. The lowest BCUT2D eigenvalue weighted by Gasteiger charge is -2.30. The Labute approximate surface area is 150 Å². The average Bonchev–Trinajstić information content (AvgIpc) is 3.27. The first kappa shape index (κ1) is 16.4. The molecule has 25 heavy (non-hydrogen) atoms. The maximum absolute atomic E-state index is 13.0. The molecule has 0 radical (unpaired) electrons. The van der Waals surface area contributed by atoms with E-state index in [2.05, 4.69) is 28.1 Å². The summed E-state index contributed by atoms with van der Waals surface area (Å²) in [5.41, 5.74) is 1.15. The predicted octanol–water partition coefficient (Wildman–Crippen LogP) is 4.63. The summed E-state index contributed by atoms with van der Waals surface area (Å²) in [7, 11) is 0. The average molecular weight is 357 g/mol. The molecule has 0 saturated carbocycles. The van der Waals surface area contributed by atoms with E-state index in [4.69, 9.17) is 4.42 Å². The molecule has 130 valence electrons. The second kappa shape index (κ2) is 7.06. The Balaban J connectivity index is 1.35. The third kappa shape index (κ3) is 3.80. The van der Waals surface area contributed by atoms with Crippen LogP contribution in [-0.2, 0) is 6.54 Å². The molecule has 4 rings (SSSR count). The predicted molar refractivity (Wildman–Crippen MR) is 96.0 cm³/mol. The van der Waals surface area contributed by atoms with Crippen LogP contribution in [0.3, 0.4) is 0 Å². The van der Waals surface area contributed by atoms with Crippen LogP contribution in [0.5, 0.6) is 0 Å². The van der Waals surface area contributed by atoms with Crippen molar-refractivity contribution in [2.24, 2.45) is 0 Å². The summed E-state index contributed by atoms with van der Waals surface area (Å²) in [6.45, 7) is 4.90. The number of halogens is 1. The maximum atomic E-state index is 13.0. The van der Waals surface area contributed by atoms with Gasteiger partial charge in [0.15, 0.2) is 0 Å². The molecule has 0 amide bonds. The molecule has 1 aliphatic rings. The highest BCUT2D eigenvalue weighted by Gasteiger charge is 2.25. The number of likely N-dealkylation sites (tertiary alicyclic amines) is 1. The van der Waals surface area contributed by atoms with Gasteiger partial charge in [0.25, 0.3) is 5.89 Å². The van der Waals surface area contributed by atoms with Crippen LogP contribution in [0.4, 0.5) is 4.39 Å². The molecule has 0 aliphatic carbocycles.